The first-order chi connectivity index (χ1) is 16.3. The lowest BCUT2D eigenvalue weighted by Crippen LogP contribution is -2.31. The summed E-state index contributed by atoms with van der Waals surface area (Å²) in [7, 11) is -0.911. The Balaban J connectivity index is 0.000000406. The molecule has 0 saturated heterocycles. The SMILES string of the molecule is CC(=O)OC(C)C.CS(=O)N1CCc2cc(-c3nc(CCC4CCCCCC4)no3)ccc2C1. The Hall–Kier alpha value is -2.06. The molecule has 1 aromatic carbocycles. The molecule has 1 atom stereocenters. The molecule has 0 bridgehead atoms. The number of esters is 1. The van der Waals surface area contributed by atoms with Crippen LogP contribution in [-0.2, 0) is 39.9 Å². The van der Waals surface area contributed by atoms with Crippen molar-refractivity contribution in [1.29, 1.82) is 0 Å². The maximum absolute atomic E-state index is 11.7. The van der Waals surface area contributed by atoms with Crippen LogP contribution in [0.1, 0.15) is 82.7 Å². The van der Waals surface area contributed by atoms with E-state index in [2.05, 4.69) is 27.0 Å². The first kappa shape index (κ1) is 26.5. The van der Waals surface area contributed by atoms with Crippen LogP contribution in [-0.4, -0.2) is 43.5 Å². The van der Waals surface area contributed by atoms with Crippen molar-refractivity contribution in [1.82, 2.24) is 14.4 Å². The zero-order valence-corrected chi connectivity index (χ0v) is 21.9. The van der Waals surface area contributed by atoms with Gasteiger partial charge < -0.3 is 9.26 Å². The second-order valence-electron chi connectivity index (χ2n) is 9.59. The molecule has 7 nitrogen and oxygen atoms in total. The lowest BCUT2D eigenvalue weighted by Gasteiger charge is -2.26. The van der Waals surface area contributed by atoms with Crippen LogP contribution in [0.15, 0.2) is 22.7 Å². The van der Waals surface area contributed by atoms with Gasteiger partial charge in [0.05, 0.1) is 17.1 Å². The predicted octanol–water partition coefficient (Wildman–Crippen LogP) is 5.25. The third-order valence-corrected chi connectivity index (χ3v) is 7.45. The van der Waals surface area contributed by atoms with E-state index in [9.17, 15) is 9.00 Å². The Kier molecular flexibility index (Phi) is 10.3. The highest BCUT2D eigenvalue weighted by Crippen LogP contribution is 2.28. The van der Waals surface area contributed by atoms with Crippen LogP contribution >= 0.6 is 0 Å². The van der Waals surface area contributed by atoms with Crippen LogP contribution in [0, 0.1) is 5.92 Å². The zero-order valence-electron chi connectivity index (χ0n) is 21.0. The normalized spacial score (nSPS) is 17.9. The number of aryl methyl sites for hydroxylation is 1. The highest BCUT2D eigenvalue weighted by molar-refractivity contribution is 7.81. The van der Waals surface area contributed by atoms with Crippen LogP contribution in [0.25, 0.3) is 11.5 Å². The first-order valence-electron chi connectivity index (χ1n) is 12.5. The molecule has 2 heterocycles. The van der Waals surface area contributed by atoms with E-state index >= 15 is 0 Å². The molecule has 1 aromatic heterocycles. The number of fused-ring (bicyclic) bond motifs is 1. The molecule has 2 aromatic rings. The lowest BCUT2D eigenvalue weighted by atomic mass is 9.95. The molecule has 1 unspecified atom stereocenters. The van der Waals surface area contributed by atoms with E-state index in [1.807, 2.05) is 24.2 Å². The van der Waals surface area contributed by atoms with E-state index in [0.717, 1.165) is 43.2 Å². The smallest absolute Gasteiger partial charge is 0.302 e. The van der Waals surface area contributed by atoms with Crippen LogP contribution in [0.4, 0.5) is 0 Å². The van der Waals surface area contributed by atoms with Crippen LogP contribution in [0.3, 0.4) is 0 Å². The molecule has 8 heteroatoms. The van der Waals surface area contributed by atoms with Gasteiger partial charge in [-0.1, -0.05) is 49.7 Å². The molecule has 0 radical (unpaired) electrons. The minimum Gasteiger partial charge on any atom is -0.463 e. The van der Waals surface area contributed by atoms with E-state index < -0.39 is 11.0 Å². The van der Waals surface area contributed by atoms with Gasteiger partial charge in [-0.15, -0.1) is 0 Å². The van der Waals surface area contributed by atoms with Crippen molar-refractivity contribution < 1.29 is 18.3 Å². The van der Waals surface area contributed by atoms with Crippen LogP contribution in [0.5, 0.6) is 0 Å². The van der Waals surface area contributed by atoms with Crippen molar-refractivity contribution in [3.8, 4) is 11.5 Å². The fourth-order valence-electron chi connectivity index (χ4n) is 4.67. The van der Waals surface area contributed by atoms with E-state index in [4.69, 9.17) is 4.52 Å². The second kappa shape index (κ2) is 13.1. The number of carbonyl (C=O) groups is 1. The van der Waals surface area contributed by atoms with E-state index in [-0.39, 0.29) is 12.1 Å². The molecule has 34 heavy (non-hydrogen) atoms. The van der Waals surface area contributed by atoms with Crippen molar-refractivity contribution in [3.63, 3.8) is 0 Å². The summed E-state index contributed by atoms with van der Waals surface area (Å²) in [5, 5.41) is 4.21. The molecule has 1 aliphatic heterocycles. The number of hydrogen-bond donors (Lipinski definition) is 0. The topological polar surface area (TPSA) is 85.5 Å². The van der Waals surface area contributed by atoms with E-state index in [1.54, 1.807) is 6.26 Å². The molecule has 0 N–H and O–H groups in total. The van der Waals surface area contributed by atoms with Gasteiger partial charge in [0.15, 0.2) is 5.82 Å². The van der Waals surface area contributed by atoms with Gasteiger partial charge in [-0.2, -0.15) is 4.98 Å². The number of carbonyl (C=O) groups excluding carboxylic acids is 1. The summed E-state index contributed by atoms with van der Waals surface area (Å²) >= 11 is 0. The van der Waals surface area contributed by atoms with Gasteiger partial charge in [0, 0.05) is 38.3 Å². The predicted molar refractivity (Wildman–Crippen MR) is 134 cm³/mol. The summed E-state index contributed by atoms with van der Waals surface area (Å²) in [6.07, 6.45) is 13.0. The summed E-state index contributed by atoms with van der Waals surface area (Å²) in [4.78, 5) is 14.7. The average Bonchev–Trinajstić information content (AvgIpc) is 3.11. The number of rotatable bonds is 6. The maximum atomic E-state index is 11.7. The monoisotopic (exact) mass is 489 g/mol. The Labute approximate surface area is 206 Å². The average molecular weight is 490 g/mol. The molecule has 188 valence electrons. The number of benzene rings is 1. The highest BCUT2D eigenvalue weighted by atomic mass is 32.2. The van der Waals surface area contributed by atoms with Crippen LogP contribution in [0.2, 0.25) is 0 Å². The van der Waals surface area contributed by atoms with Gasteiger partial charge in [0.1, 0.15) is 0 Å². The Morgan fingerprint density at radius 1 is 1.21 bits per heavy atom. The first-order valence-corrected chi connectivity index (χ1v) is 14.0. The lowest BCUT2D eigenvalue weighted by molar-refractivity contribution is -0.144. The van der Waals surface area contributed by atoms with Crippen LogP contribution < -0.4 is 0 Å². The molecule has 1 saturated carbocycles. The molecular formula is C26H39N3O4S. The molecule has 0 amide bonds. The summed E-state index contributed by atoms with van der Waals surface area (Å²) in [6.45, 7) is 6.62. The molecule has 4 rings (SSSR count). The number of hydrogen-bond acceptors (Lipinski definition) is 6. The van der Waals surface area contributed by atoms with Gasteiger partial charge >= 0.3 is 5.97 Å². The fourth-order valence-corrected chi connectivity index (χ4v) is 5.34. The molecule has 1 fully saturated rings. The van der Waals surface area contributed by atoms with Gasteiger partial charge in [0.2, 0.25) is 0 Å². The van der Waals surface area contributed by atoms with Gasteiger partial charge in [-0.3, -0.25) is 4.79 Å². The Morgan fingerprint density at radius 2 is 1.94 bits per heavy atom. The highest BCUT2D eigenvalue weighted by Gasteiger charge is 2.20. The van der Waals surface area contributed by atoms with Crippen molar-refractivity contribution in [2.45, 2.75) is 91.2 Å². The quantitative estimate of drug-likeness (QED) is 0.407. The largest absolute Gasteiger partial charge is 0.463 e. The third kappa shape index (κ3) is 8.31. The minimum absolute atomic E-state index is 0.0255. The van der Waals surface area contributed by atoms with E-state index in [1.165, 1.54) is 63.0 Å². The van der Waals surface area contributed by atoms with Gasteiger partial charge in [-0.25, -0.2) is 8.51 Å². The molecular weight excluding hydrogens is 450 g/mol. The van der Waals surface area contributed by atoms with Crippen molar-refractivity contribution in [2.24, 2.45) is 5.92 Å². The molecule has 1 aliphatic carbocycles. The standard InChI is InChI=1S/C21H29N3O2S.C5H10O2/c1-27(25)24-13-12-17-14-18(9-10-19(17)15-24)21-22-20(23-26-21)11-8-16-6-4-2-3-5-7-16;1-4(2)7-5(3)6/h9-10,14,16H,2-8,11-13,15H2,1H3;4H,1-3H3. The van der Waals surface area contributed by atoms with Crippen molar-refractivity contribution >= 4 is 17.0 Å². The third-order valence-electron chi connectivity index (χ3n) is 6.41. The number of ether oxygens (including phenoxy) is 1. The molecule has 0 spiro atoms. The zero-order chi connectivity index (χ0) is 24.5. The molecule has 2 aliphatic rings. The number of nitrogens with zero attached hydrogens (tertiary/aromatic N) is 3. The summed E-state index contributed by atoms with van der Waals surface area (Å²) in [5.74, 6) is 2.06. The fraction of sp³-hybridized carbons (Fsp3) is 0.654. The number of aromatic nitrogens is 2. The van der Waals surface area contributed by atoms with Gasteiger partial charge in [-0.05, 0) is 55.9 Å². The summed E-state index contributed by atoms with van der Waals surface area (Å²) < 4.78 is 23.9. The maximum Gasteiger partial charge on any atom is 0.302 e. The van der Waals surface area contributed by atoms with Gasteiger partial charge in [0.25, 0.3) is 5.89 Å². The Morgan fingerprint density at radius 3 is 2.56 bits per heavy atom. The second-order valence-corrected chi connectivity index (χ2v) is 11.0. The summed E-state index contributed by atoms with van der Waals surface area (Å²) in [6, 6.07) is 6.32. The Bertz CT molecular complexity index is 951. The minimum atomic E-state index is -0.911. The summed E-state index contributed by atoms with van der Waals surface area (Å²) in [5.41, 5.74) is 3.54. The van der Waals surface area contributed by atoms with E-state index in [0.29, 0.717) is 5.89 Å². The van der Waals surface area contributed by atoms with Crippen molar-refractivity contribution in [3.05, 3.63) is 35.2 Å². The van der Waals surface area contributed by atoms with Crippen molar-refractivity contribution in [2.75, 3.05) is 12.8 Å².